The molecule has 3 unspecified atom stereocenters. The first kappa shape index (κ1) is 8.97. The average molecular weight is 158 g/mol. The Bertz CT molecular complexity index is 127. The molecule has 3 heteroatoms. The van der Waals surface area contributed by atoms with Gasteiger partial charge in [0.1, 0.15) is 0 Å². The predicted octanol–water partition coefficient (Wildman–Crippen LogP) is 0.605. The van der Waals surface area contributed by atoms with Crippen molar-refractivity contribution >= 4 is 0 Å². The van der Waals surface area contributed by atoms with Crippen molar-refractivity contribution < 1.29 is 4.84 Å². The first-order valence-electron chi connectivity index (χ1n) is 4.23. The second kappa shape index (κ2) is 3.52. The molecule has 66 valence electrons. The minimum Gasteiger partial charge on any atom is -0.327 e. The van der Waals surface area contributed by atoms with Crippen LogP contribution >= 0.6 is 0 Å². The van der Waals surface area contributed by atoms with E-state index in [1.165, 1.54) is 0 Å². The lowest BCUT2D eigenvalue weighted by atomic mass is 9.89. The Kier molecular flexibility index (Phi) is 2.87. The highest BCUT2D eigenvalue weighted by molar-refractivity contribution is 4.83. The summed E-state index contributed by atoms with van der Waals surface area (Å²) in [5.74, 6) is 0.531. The van der Waals surface area contributed by atoms with Crippen LogP contribution in [0.3, 0.4) is 0 Å². The molecular weight excluding hydrogens is 140 g/mol. The molecule has 0 amide bonds. The summed E-state index contributed by atoms with van der Waals surface area (Å²) in [6, 6.07) is 0.792. The Labute approximate surface area is 68.5 Å². The van der Waals surface area contributed by atoms with Crippen molar-refractivity contribution in [2.24, 2.45) is 11.7 Å². The molecule has 1 aliphatic heterocycles. The van der Waals surface area contributed by atoms with E-state index in [1.54, 1.807) is 7.11 Å². The predicted molar refractivity (Wildman–Crippen MR) is 44.9 cm³/mol. The number of rotatable bonds is 1. The van der Waals surface area contributed by atoms with Gasteiger partial charge in [0.2, 0.25) is 0 Å². The highest BCUT2D eigenvalue weighted by Gasteiger charge is 2.30. The van der Waals surface area contributed by atoms with E-state index in [2.05, 4.69) is 13.8 Å². The Morgan fingerprint density at radius 3 is 2.64 bits per heavy atom. The molecule has 1 fully saturated rings. The number of nitrogens with two attached hydrogens (primary N) is 1. The monoisotopic (exact) mass is 158 g/mol. The van der Waals surface area contributed by atoms with Crippen LogP contribution in [0.5, 0.6) is 0 Å². The Hall–Kier alpha value is -0.120. The fourth-order valence-corrected chi connectivity index (χ4v) is 1.62. The summed E-state index contributed by atoms with van der Waals surface area (Å²) in [5, 5.41) is 2.01. The fraction of sp³-hybridized carbons (Fsp3) is 1.00. The maximum absolute atomic E-state index is 5.90. The van der Waals surface area contributed by atoms with Gasteiger partial charge in [-0.25, -0.2) is 0 Å². The SMILES string of the molecule is CON1CCC(N)C(C)C1C. The molecule has 11 heavy (non-hydrogen) atoms. The van der Waals surface area contributed by atoms with E-state index in [4.69, 9.17) is 10.6 Å². The Morgan fingerprint density at radius 2 is 2.09 bits per heavy atom. The minimum absolute atomic E-state index is 0.344. The van der Waals surface area contributed by atoms with Gasteiger partial charge in [0.05, 0.1) is 7.11 Å². The normalized spacial score (nSPS) is 40.9. The smallest absolute Gasteiger partial charge is 0.0575 e. The van der Waals surface area contributed by atoms with Gasteiger partial charge in [-0.15, -0.1) is 0 Å². The van der Waals surface area contributed by atoms with Gasteiger partial charge >= 0.3 is 0 Å². The van der Waals surface area contributed by atoms with Gasteiger partial charge in [-0.1, -0.05) is 6.92 Å². The van der Waals surface area contributed by atoms with Crippen LogP contribution in [0.15, 0.2) is 0 Å². The van der Waals surface area contributed by atoms with Crippen molar-refractivity contribution in [2.45, 2.75) is 32.4 Å². The van der Waals surface area contributed by atoms with Crippen LogP contribution in [-0.4, -0.2) is 30.8 Å². The summed E-state index contributed by atoms with van der Waals surface area (Å²) in [4.78, 5) is 5.20. The average Bonchev–Trinajstić information content (AvgIpc) is 2.01. The third-order valence-corrected chi connectivity index (χ3v) is 2.81. The minimum atomic E-state index is 0.344. The first-order valence-corrected chi connectivity index (χ1v) is 4.23. The molecule has 1 heterocycles. The van der Waals surface area contributed by atoms with Crippen molar-refractivity contribution in [1.29, 1.82) is 0 Å². The zero-order chi connectivity index (χ0) is 8.43. The van der Waals surface area contributed by atoms with Gasteiger partial charge in [-0.05, 0) is 19.3 Å². The lowest BCUT2D eigenvalue weighted by molar-refractivity contribution is -0.184. The van der Waals surface area contributed by atoms with Crippen LogP contribution in [-0.2, 0) is 4.84 Å². The van der Waals surface area contributed by atoms with Gasteiger partial charge in [0.25, 0.3) is 0 Å². The van der Waals surface area contributed by atoms with E-state index < -0.39 is 0 Å². The van der Waals surface area contributed by atoms with Gasteiger partial charge in [0.15, 0.2) is 0 Å². The first-order chi connectivity index (χ1) is 5.16. The summed E-state index contributed by atoms with van der Waals surface area (Å²) in [5.41, 5.74) is 5.90. The number of hydrogen-bond donors (Lipinski definition) is 1. The lowest BCUT2D eigenvalue weighted by Crippen LogP contribution is -2.51. The second-order valence-corrected chi connectivity index (χ2v) is 3.38. The van der Waals surface area contributed by atoms with Crippen molar-refractivity contribution in [3.63, 3.8) is 0 Å². The molecule has 2 N–H and O–H groups in total. The quantitative estimate of drug-likeness (QED) is 0.607. The molecule has 0 radical (unpaired) electrons. The van der Waals surface area contributed by atoms with E-state index in [1.807, 2.05) is 5.06 Å². The molecule has 0 aromatic rings. The van der Waals surface area contributed by atoms with Crippen molar-refractivity contribution in [1.82, 2.24) is 5.06 Å². The largest absolute Gasteiger partial charge is 0.327 e. The molecule has 1 aliphatic rings. The van der Waals surface area contributed by atoms with Crippen LogP contribution in [0.2, 0.25) is 0 Å². The highest BCUT2D eigenvalue weighted by atomic mass is 16.7. The number of hydroxylamine groups is 2. The highest BCUT2D eigenvalue weighted by Crippen LogP contribution is 2.21. The zero-order valence-electron chi connectivity index (χ0n) is 7.58. The van der Waals surface area contributed by atoms with Gasteiger partial charge in [-0.3, -0.25) is 0 Å². The van der Waals surface area contributed by atoms with E-state index >= 15 is 0 Å². The molecule has 0 aromatic carbocycles. The van der Waals surface area contributed by atoms with Crippen molar-refractivity contribution in [3.05, 3.63) is 0 Å². The van der Waals surface area contributed by atoms with Crippen LogP contribution in [0, 0.1) is 5.92 Å². The Balaban J connectivity index is 2.52. The molecule has 0 spiro atoms. The second-order valence-electron chi connectivity index (χ2n) is 3.38. The number of piperidine rings is 1. The lowest BCUT2D eigenvalue weighted by Gasteiger charge is -2.39. The summed E-state index contributed by atoms with van der Waals surface area (Å²) in [6.07, 6.45) is 1.04. The molecule has 0 bridgehead atoms. The molecule has 1 rings (SSSR count). The van der Waals surface area contributed by atoms with E-state index in [9.17, 15) is 0 Å². The van der Waals surface area contributed by atoms with Gasteiger partial charge in [0, 0.05) is 18.6 Å². The Morgan fingerprint density at radius 1 is 1.45 bits per heavy atom. The van der Waals surface area contributed by atoms with Gasteiger partial charge in [-0.2, -0.15) is 5.06 Å². The van der Waals surface area contributed by atoms with Crippen molar-refractivity contribution in [2.75, 3.05) is 13.7 Å². The molecule has 1 saturated heterocycles. The summed E-state index contributed by atoms with van der Waals surface area (Å²) in [7, 11) is 1.72. The number of hydrogen-bond acceptors (Lipinski definition) is 3. The molecule has 0 aliphatic carbocycles. The fourth-order valence-electron chi connectivity index (χ4n) is 1.62. The van der Waals surface area contributed by atoms with E-state index in [0.29, 0.717) is 18.0 Å². The summed E-state index contributed by atoms with van der Waals surface area (Å²) in [6.45, 7) is 5.30. The maximum Gasteiger partial charge on any atom is 0.0575 e. The van der Waals surface area contributed by atoms with Crippen LogP contribution < -0.4 is 5.73 Å². The van der Waals surface area contributed by atoms with Crippen LogP contribution in [0.1, 0.15) is 20.3 Å². The molecule has 0 saturated carbocycles. The standard InChI is InChI=1S/C8H18N2O/c1-6-7(2)10(11-3)5-4-8(6)9/h6-8H,4-5,9H2,1-3H3. The van der Waals surface area contributed by atoms with E-state index in [-0.39, 0.29) is 0 Å². The van der Waals surface area contributed by atoms with E-state index in [0.717, 1.165) is 13.0 Å². The van der Waals surface area contributed by atoms with Crippen LogP contribution in [0.25, 0.3) is 0 Å². The van der Waals surface area contributed by atoms with Gasteiger partial charge < -0.3 is 10.6 Å². The third kappa shape index (κ3) is 1.72. The maximum atomic E-state index is 5.90. The summed E-state index contributed by atoms with van der Waals surface area (Å²) >= 11 is 0. The van der Waals surface area contributed by atoms with Crippen molar-refractivity contribution in [3.8, 4) is 0 Å². The molecule has 0 aromatic heterocycles. The topological polar surface area (TPSA) is 38.5 Å². The summed E-state index contributed by atoms with van der Waals surface area (Å²) < 4.78 is 0. The molecular formula is C8H18N2O. The number of nitrogens with zero attached hydrogens (tertiary/aromatic N) is 1. The molecule has 3 atom stereocenters. The zero-order valence-corrected chi connectivity index (χ0v) is 7.58. The van der Waals surface area contributed by atoms with Crippen LogP contribution in [0.4, 0.5) is 0 Å². The third-order valence-electron chi connectivity index (χ3n) is 2.81. The molecule has 3 nitrogen and oxygen atoms in total.